The molecule has 0 saturated carbocycles. The van der Waals surface area contributed by atoms with Gasteiger partial charge in [0.2, 0.25) is 0 Å². The maximum Gasteiger partial charge on any atom is 0.319 e. The minimum atomic E-state index is -1.06. The number of benzene rings is 1. The standard InChI is InChI=1S/C15H18N2O4/c1-16(2)14(20)17-7-11-10-5-3-4-6-12(10)21-9-15(11,8-17)13(18)19/h3-6,11H,7-9H2,1-2H3,(H,18,19). The third-order valence-corrected chi connectivity index (χ3v) is 4.40. The highest BCUT2D eigenvalue weighted by molar-refractivity contribution is 5.82. The second kappa shape index (κ2) is 4.65. The van der Waals surface area contributed by atoms with Gasteiger partial charge in [0.15, 0.2) is 0 Å². The van der Waals surface area contributed by atoms with E-state index in [0.29, 0.717) is 6.54 Å². The van der Waals surface area contributed by atoms with E-state index in [0.717, 1.165) is 11.3 Å². The average molecular weight is 290 g/mol. The predicted molar refractivity (Wildman–Crippen MR) is 75.4 cm³/mol. The van der Waals surface area contributed by atoms with Crippen LogP contribution in [0.25, 0.3) is 0 Å². The molecule has 3 rings (SSSR count). The minimum absolute atomic E-state index is 0.0984. The lowest BCUT2D eigenvalue weighted by atomic mass is 9.73. The van der Waals surface area contributed by atoms with Crippen LogP contribution in [0.3, 0.4) is 0 Å². The second-order valence-electron chi connectivity index (χ2n) is 5.90. The molecule has 21 heavy (non-hydrogen) atoms. The van der Waals surface area contributed by atoms with Crippen molar-refractivity contribution >= 4 is 12.0 Å². The second-order valence-corrected chi connectivity index (χ2v) is 5.90. The molecule has 2 amide bonds. The van der Waals surface area contributed by atoms with Gasteiger partial charge in [-0.25, -0.2) is 4.79 Å². The van der Waals surface area contributed by atoms with Crippen molar-refractivity contribution in [1.82, 2.24) is 9.80 Å². The van der Waals surface area contributed by atoms with Crippen LogP contribution in [0.15, 0.2) is 24.3 Å². The molecule has 6 nitrogen and oxygen atoms in total. The van der Waals surface area contributed by atoms with E-state index in [2.05, 4.69) is 0 Å². The predicted octanol–water partition coefficient (Wildman–Crippen LogP) is 1.23. The molecule has 0 radical (unpaired) electrons. The van der Waals surface area contributed by atoms with Crippen LogP contribution in [0.2, 0.25) is 0 Å². The van der Waals surface area contributed by atoms with Crippen LogP contribution in [0.1, 0.15) is 11.5 Å². The van der Waals surface area contributed by atoms with E-state index < -0.39 is 11.4 Å². The van der Waals surface area contributed by atoms with Crippen molar-refractivity contribution in [3.63, 3.8) is 0 Å². The molecule has 1 fully saturated rings. The maximum absolute atomic E-state index is 12.2. The fourth-order valence-corrected chi connectivity index (χ4v) is 3.27. The Morgan fingerprint density at radius 1 is 1.38 bits per heavy atom. The molecule has 2 heterocycles. The van der Waals surface area contributed by atoms with Crippen LogP contribution in [-0.2, 0) is 4.79 Å². The third-order valence-electron chi connectivity index (χ3n) is 4.40. The number of ether oxygens (including phenoxy) is 1. The average Bonchev–Trinajstić information content (AvgIpc) is 2.87. The SMILES string of the molecule is CN(C)C(=O)N1CC2c3ccccc3OCC2(C(=O)O)C1. The Balaban J connectivity index is 2.02. The molecule has 1 saturated heterocycles. The number of fused-ring (bicyclic) bond motifs is 3. The number of carboxylic acids is 1. The molecule has 2 atom stereocenters. The summed E-state index contributed by atoms with van der Waals surface area (Å²) in [6, 6.07) is 7.31. The van der Waals surface area contributed by atoms with Gasteiger partial charge < -0.3 is 19.6 Å². The van der Waals surface area contributed by atoms with Crippen LogP contribution in [-0.4, -0.2) is 60.7 Å². The van der Waals surface area contributed by atoms with Gasteiger partial charge in [-0.2, -0.15) is 0 Å². The molecular weight excluding hydrogens is 272 g/mol. The van der Waals surface area contributed by atoms with Gasteiger partial charge in [-0.15, -0.1) is 0 Å². The van der Waals surface area contributed by atoms with Crippen LogP contribution in [0.4, 0.5) is 4.79 Å². The molecule has 0 spiro atoms. The lowest BCUT2D eigenvalue weighted by Crippen LogP contribution is -2.46. The quantitative estimate of drug-likeness (QED) is 0.844. The zero-order chi connectivity index (χ0) is 15.2. The Morgan fingerprint density at radius 3 is 2.76 bits per heavy atom. The van der Waals surface area contributed by atoms with E-state index in [1.807, 2.05) is 24.3 Å². The van der Waals surface area contributed by atoms with Gasteiger partial charge in [-0.3, -0.25) is 4.79 Å². The van der Waals surface area contributed by atoms with Crippen molar-refractivity contribution in [2.24, 2.45) is 5.41 Å². The third kappa shape index (κ3) is 1.93. The van der Waals surface area contributed by atoms with Gasteiger partial charge in [0.25, 0.3) is 0 Å². The van der Waals surface area contributed by atoms with Crippen molar-refractivity contribution in [1.29, 1.82) is 0 Å². The first-order chi connectivity index (χ1) is 9.95. The highest BCUT2D eigenvalue weighted by atomic mass is 16.5. The normalized spacial score (nSPS) is 26.6. The number of aliphatic carboxylic acids is 1. The molecule has 0 bridgehead atoms. The number of amides is 2. The molecule has 6 heteroatoms. The van der Waals surface area contributed by atoms with E-state index in [1.165, 1.54) is 4.90 Å². The largest absolute Gasteiger partial charge is 0.492 e. The molecule has 1 aromatic carbocycles. The molecule has 0 aromatic heterocycles. The summed E-state index contributed by atoms with van der Waals surface area (Å²) in [7, 11) is 3.34. The summed E-state index contributed by atoms with van der Waals surface area (Å²) in [5, 5.41) is 9.73. The van der Waals surface area contributed by atoms with E-state index in [1.54, 1.807) is 19.0 Å². The smallest absolute Gasteiger partial charge is 0.319 e. The number of para-hydroxylation sites is 1. The molecule has 0 aliphatic carbocycles. The molecule has 2 unspecified atom stereocenters. The van der Waals surface area contributed by atoms with Gasteiger partial charge >= 0.3 is 12.0 Å². The van der Waals surface area contributed by atoms with Crippen molar-refractivity contribution in [2.45, 2.75) is 5.92 Å². The number of rotatable bonds is 1. The molecule has 112 valence electrons. The van der Waals surface area contributed by atoms with Gasteiger partial charge in [-0.1, -0.05) is 18.2 Å². The monoisotopic (exact) mass is 290 g/mol. The van der Waals surface area contributed by atoms with Crippen LogP contribution in [0.5, 0.6) is 5.75 Å². The topological polar surface area (TPSA) is 70.1 Å². The van der Waals surface area contributed by atoms with E-state index >= 15 is 0 Å². The Morgan fingerprint density at radius 2 is 2.10 bits per heavy atom. The number of carboxylic acid groups (broad SMARTS) is 1. The zero-order valence-electron chi connectivity index (χ0n) is 12.1. The van der Waals surface area contributed by atoms with Crippen molar-refractivity contribution in [3.8, 4) is 5.75 Å². The summed E-state index contributed by atoms with van der Waals surface area (Å²) in [4.78, 5) is 27.1. The molecule has 2 aliphatic rings. The summed E-state index contributed by atoms with van der Waals surface area (Å²) in [6.07, 6.45) is 0. The lowest BCUT2D eigenvalue weighted by molar-refractivity contribution is -0.151. The first-order valence-electron chi connectivity index (χ1n) is 6.87. The first-order valence-corrected chi connectivity index (χ1v) is 6.87. The minimum Gasteiger partial charge on any atom is -0.492 e. The number of nitrogens with zero attached hydrogens (tertiary/aromatic N) is 2. The molecule has 1 aromatic rings. The summed E-state index contributed by atoms with van der Waals surface area (Å²) >= 11 is 0. The Bertz CT molecular complexity index is 601. The molecule has 1 N–H and O–H groups in total. The van der Waals surface area contributed by atoms with E-state index in [9.17, 15) is 14.7 Å². The number of hydrogen-bond donors (Lipinski definition) is 1. The fraction of sp³-hybridized carbons (Fsp3) is 0.467. The van der Waals surface area contributed by atoms with Gasteiger partial charge in [0, 0.05) is 38.7 Å². The highest BCUT2D eigenvalue weighted by Crippen LogP contribution is 2.49. The zero-order valence-corrected chi connectivity index (χ0v) is 12.1. The summed E-state index contributed by atoms with van der Waals surface area (Å²) in [5.74, 6) is -0.418. The summed E-state index contributed by atoms with van der Waals surface area (Å²) in [5.41, 5.74) is -0.180. The Labute approximate surface area is 122 Å². The van der Waals surface area contributed by atoms with E-state index in [4.69, 9.17) is 4.74 Å². The number of hydrogen-bond acceptors (Lipinski definition) is 3. The first kappa shape index (κ1) is 13.7. The van der Waals surface area contributed by atoms with Gasteiger partial charge in [0.1, 0.15) is 17.8 Å². The fourth-order valence-electron chi connectivity index (χ4n) is 3.27. The van der Waals surface area contributed by atoms with Crippen LogP contribution in [0, 0.1) is 5.41 Å². The number of carbonyl (C=O) groups is 2. The maximum atomic E-state index is 12.2. The Hall–Kier alpha value is -2.24. The number of urea groups is 1. The van der Waals surface area contributed by atoms with Crippen LogP contribution >= 0.6 is 0 Å². The van der Waals surface area contributed by atoms with Crippen LogP contribution < -0.4 is 4.74 Å². The summed E-state index contributed by atoms with van der Waals surface area (Å²) < 4.78 is 5.66. The number of carbonyl (C=O) groups excluding carboxylic acids is 1. The summed E-state index contributed by atoms with van der Waals surface area (Å²) in [6.45, 7) is 0.684. The molecule has 2 aliphatic heterocycles. The van der Waals surface area contributed by atoms with Crippen molar-refractivity contribution < 1.29 is 19.4 Å². The highest BCUT2D eigenvalue weighted by Gasteiger charge is 2.57. The lowest BCUT2D eigenvalue weighted by Gasteiger charge is -2.35. The Kier molecular flexibility index (Phi) is 3.04. The van der Waals surface area contributed by atoms with Crippen molar-refractivity contribution in [3.05, 3.63) is 29.8 Å². The number of likely N-dealkylation sites (tertiary alicyclic amines) is 1. The van der Waals surface area contributed by atoms with Gasteiger partial charge in [-0.05, 0) is 6.07 Å². The molecular formula is C15H18N2O4. The van der Waals surface area contributed by atoms with Gasteiger partial charge in [0.05, 0.1) is 0 Å². The van der Waals surface area contributed by atoms with Crippen molar-refractivity contribution in [2.75, 3.05) is 33.8 Å². The van der Waals surface area contributed by atoms with E-state index in [-0.39, 0.29) is 25.1 Å².